The van der Waals surface area contributed by atoms with Crippen molar-refractivity contribution in [2.75, 3.05) is 5.32 Å². The number of hydrogen-bond acceptors (Lipinski definition) is 4. The summed E-state index contributed by atoms with van der Waals surface area (Å²) < 4.78 is 0. The molecule has 7 heteroatoms. The second-order valence-electron chi connectivity index (χ2n) is 5.64. The third-order valence-electron chi connectivity index (χ3n) is 3.58. The van der Waals surface area contributed by atoms with Gasteiger partial charge >= 0.3 is 0 Å². The predicted molar refractivity (Wildman–Crippen MR) is 101 cm³/mol. The zero-order valence-electron chi connectivity index (χ0n) is 13.6. The van der Waals surface area contributed by atoms with E-state index in [-0.39, 0.29) is 0 Å². The molecule has 0 aromatic heterocycles. The molecule has 2 aromatic carbocycles. The van der Waals surface area contributed by atoms with Crippen molar-refractivity contribution in [3.8, 4) is 0 Å². The first-order valence-corrected chi connectivity index (χ1v) is 8.48. The van der Waals surface area contributed by atoms with Gasteiger partial charge in [0, 0.05) is 5.69 Å². The minimum atomic E-state index is -0.802. The molecule has 0 aliphatic heterocycles. The number of hydrogen-bond donors (Lipinski definition) is 3. The number of anilines is 1. The van der Waals surface area contributed by atoms with Gasteiger partial charge in [-0.05, 0) is 37.1 Å². The number of nitrogens with two attached hydrogens (primary N) is 1. The summed E-state index contributed by atoms with van der Waals surface area (Å²) in [5, 5.41) is 6.07. The fourth-order valence-corrected chi connectivity index (χ4v) is 2.48. The van der Waals surface area contributed by atoms with Crippen LogP contribution >= 0.6 is 23.2 Å². The molecule has 0 heterocycles. The molecule has 2 amide bonds. The third-order valence-corrected chi connectivity index (χ3v) is 4.32. The van der Waals surface area contributed by atoms with Gasteiger partial charge in [0.1, 0.15) is 6.04 Å². The van der Waals surface area contributed by atoms with E-state index in [1.165, 1.54) is 0 Å². The van der Waals surface area contributed by atoms with E-state index in [4.69, 9.17) is 28.9 Å². The first-order chi connectivity index (χ1) is 11.9. The van der Waals surface area contributed by atoms with Crippen LogP contribution in [0.1, 0.15) is 12.5 Å². The van der Waals surface area contributed by atoms with Crippen LogP contribution in [0.3, 0.4) is 0 Å². The lowest BCUT2D eigenvalue weighted by atomic mass is 10.1. The molecule has 132 valence electrons. The third kappa shape index (κ3) is 5.74. The number of amides is 2. The number of rotatable bonds is 6. The maximum Gasteiger partial charge on any atom is 0.248 e. The van der Waals surface area contributed by atoms with Crippen LogP contribution in [-0.2, 0) is 16.0 Å². The number of benzene rings is 2. The highest BCUT2D eigenvalue weighted by Crippen LogP contribution is 2.25. The summed E-state index contributed by atoms with van der Waals surface area (Å²) >= 11 is 11.8. The van der Waals surface area contributed by atoms with Crippen molar-refractivity contribution in [2.24, 2.45) is 5.73 Å². The number of halogens is 2. The van der Waals surface area contributed by atoms with Gasteiger partial charge in [0.25, 0.3) is 0 Å². The Balaban J connectivity index is 1.89. The molecule has 2 atom stereocenters. The molecule has 0 saturated carbocycles. The Kier molecular flexibility index (Phi) is 6.82. The molecule has 0 radical (unpaired) electrons. The molecular weight excluding hydrogens is 361 g/mol. The summed E-state index contributed by atoms with van der Waals surface area (Å²) in [6.45, 7) is 1.63. The van der Waals surface area contributed by atoms with Gasteiger partial charge in [-0.2, -0.15) is 0 Å². The largest absolute Gasteiger partial charge is 0.374 e. The van der Waals surface area contributed by atoms with Crippen molar-refractivity contribution in [1.29, 1.82) is 0 Å². The van der Waals surface area contributed by atoms with Crippen LogP contribution in [0, 0.1) is 0 Å². The van der Waals surface area contributed by atoms with Gasteiger partial charge < -0.3 is 11.1 Å². The van der Waals surface area contributed by atoms with Crippen LogP contribution in [0.4, 0.5) is 5.69 Å². The Morgan fingerprint density at radius 2 is 1.72 bits per heavy atom. The fourth-order valence-electron chi connectivity index (χ4n) is 2.18. The van der Waals surface area contributed by atoms with E-state index in [2.05, 4.69) is 10.6 Å². The molecular formula is C18H19Cl2N3O2. The molecule has 0 spiro atoms. The van der Waals surface area contributed by atoms with Gasteiger partial charge in [0.15, 0.2) is 0 Å². The quantitative estimate of drug-likeness (QED) is 0.719. The lowest BCUT2D eigenvalue weighted by Crippen LogP contribution is -2.48. The zero-order chi connectivity index (χ0) is 18.4. The normalized spacial score (nSPS) is 13.0. The minimum absolute atomic E-state index is 0.356. The van der Waals surface area contributed by atoms with Crippen LogP contribution in [0.5, 0.6) is 0 Å². The van der Waals surface area contributed by atoms with Gasteiger partial charge in [0.05, 0.1) is 16.1 Å². The molecule has 0 saturated heterocycles. The lowest BCUT2D eigenvalue weighted by molar-refractivity contribution is -0.131. The van der Waals surface area contributed by atoms with E-state index in [1.54, 1.807) is 25.1 Å². The maximum atomic E-state index is 12.2. The lowest BCUT2D eigenvalue weighted by Gasteiger charge is -2.17. The first kappa shape index (κ1) is 19.2. The Morgan fingerprint density at radius 3 is 2.36 bits per heavy atom. The molecule has 4 N–H and O–H groups in total. The molecule has 2 rings (SSSR count). The second-order valence-corrected chi connectivity index (χ2v) is 6.46. The summed E-state index contributed by atoms with van der Waals surface area (Å²) in [6.07, 6.45) is 0.356. The number of carbonyl (C=O) groups excluding carboxylic acids is 2. The second kappa shape index (κ2) is 8.85. The topological polar surface area (TPSA) is 84.2 Å². The van der Waals surface area contributed by atoms with Crippen molar-refractivity contribution in [2.45, 2.75) is 25.4 Å². The van der Waals surface area contributed by atoms with Gasteiger partial charge in [-0.15, -0.1) is 0 Å². The van der Waals surface area contributed by atoms with Crippen molar-refractivity contribution in [1.82, 2.24) is 5.32 Å². The van der Waals surface area contributed by atoms with Crippen molar-refractivity contribution < 1.29 is 9.59 Å². The summed E-state index contributed by atoms with van der Waals surface area (Å²) in [5.41, 5.74) is 7.42. The highest BCUT2D eigenvalue weighted by molar-refractivity contribution is 6.42. The van der Waals surface area contributed by atoms with E-state index in [9.17, 15) is 9.59 Å². The molecule has 0 aliphatic rings. The Bertz CT molecular complexity index is 753. The summed E-state index contributed by atoms with van der Waals surface area (Å²) in [4.78, 5) is 24.2. The smallest absolute Gasteiger partial charge is 0.248 e. The van der Waals surface area contributed by atoms with Crippen molar-refractivity contribution in [3.05, 3.63) is 64.1 Å². The standard InChI is InChI=1S/C18H19Cl2N3O2/c1-11(22-13-7-8-14(19)15(20)10-13)17(24)23-18(25)16(21)9-12-5-3-2-4-6-12/h2-8,10-11,16,22H,9,21H2,1H3,(H,23,24,25)/t11?,16-/m0/s1. The van der Waals surface area contributed by atoms with Crippen LogP contribution in [0.25, 0.3) is 0 Å². The molecule has 25 heavy (non-hydrogen) atoms. The van der Waals surface area contributed by atoms with E-state index in [0.717, 1.165) is 5.56 Å². The zero-order valence-corrected chi connectivity index (χ0v) is 15.1. The van der Waals surface area contributed by atoms with Crippen LogP contribution in [0.15, 0.2) is 48.5 Å². The fraction of sp³-hybridized carbons (Fsp3) is 0.222. The van der Waals surface area contributed by atoms with Crippen molar-refractivity contribution in [3.63, 3.8) is 0 Å². The summed E-state index contributed by atoms with van der Waals surface area (Å²) in [7, 11) is 0. The SMILES string of the molecule is CC(Nc1ccc(Cl)c(Cl)c1)C(=O)NC(=O)[C@@H](N)Cc1ccccc1. The van der Waals surface area contributed by atoms with Gasteiger partial charge in [0.2, 0.25) is 11.8 Å². The van der Waals surface area contributed by atoms with Crippen LogP contribution < -0.4 is 16.4 Å². The summed E-state index contributed by atoms with van der Waals surface area (Å²) in [5.74, 6) is -0.990. The van der Waals surface area contributed by atoms with Gasteiger partial charge in [-0.3, -0.25) is 14.9 Å². The molecule has 5 nitrogen and oxygen atoms in total. The average molecular weight is 380 g/mol. The molecule has 1 unspecified atom stereocenters. The minimum Gasteiger partial charge on any atom is -0.374 e. The highest BCUT2D eigenvalue weighted by atomic mass is 35.5. The van der Waals surface area contributed by atoms with E-state index >= 15 is 0 Å². The monoisotopic (exact) mass is 379 g/mol. The van der Waals surface area contributed by atoms with Gasteiger partial charge in [-0.1, -0.05) is 53.5 Å². The predicted octanol–water partition coefficient (Wildman–Crippen LogP) is 3.01. The Hall–Kier alpha value is -2.08. The molecule has 2 aromatic rings. The number of carbonyl (C=O) groups is 2. The number of imide groups is 1. The van der Waals surface area contributed by atoms with Crippen molar-refractivity contribution >= 4 is 40.7 Å². The maximum absolute atomic E-state index is 12.2. The van der Waals surface area contributed by atoms with E-state index in [1.807, 2.05) is 30.3 Å². The van der Waals surface area contributed by atoms with Crippen LogP contribution in [-0.4, -0.2) is 23.9 Å². The molecule has 0 fully saturated rings. The molecule has 0 aliphatic carbocycles. The van der Waals surface area contributed by atoms with E-state index in [0.29, 0.717) is 22.2 Å². The Labute approximate surface area is 156 Å². The van der Waals surface area contributed by atoms with Crippen LogP contribution in [0.2, 0.25) is 10.0 Å². The molecule has 0 bridgehead atoms. The highest BCUT2D eigenvalue weighted by Gasteiger charge is 2.20. The first-order valence-electron chi connectivity index (χ1n) is 7.72. The average Bonchev–Trinajstić information content (AvgIpc) is 2.58. The van der Waals surface area contributed by atoms with E-state index < -0.39 is 23.9 Å². The Morgan fingerprint density at radius 1 is 1.04 bits per heavy atom. The summed E-state index contributed by atoms with van der Waals surface area (Å²) in [6, 6.07) is 12.9. The number of nitrogens with one attached hydrogen (secondary N) is 2. The van der Waals surface area contributed by atoms with Gasteiger partial charge in [-0.25, -0.2) is 0 Å².